The highest BCUT2D eigenvalue weighted by Gasteiger charge is 2.57. The van der Waals surface area contributed by atoms with Gasteiger partial charge in [0.25, 0.3) is 5.91 Å². The molecule has 2 saturated heterocycles. The summed E-state index contributed by atoms with van der Waals surface area (Å²) in [5.74, 6) is 0.206. The second-order valence-corrected chi connectivity index (χ2v) is 8.80. The lowest BCUT2D eigenvalue weighted by atomic mass is 9.72. The van der Waals surface area contributed by atoms with E-state index < -0.39 is 0 Å². The third-order valence-electron chi connectivity index (χ3n) is 6.34. The number of nitrogens with zero attached hydrogens (tertiary/aromatic N) is 2. The Morgan fingerprint density at radius 2 is 2.25 bits per heavy atom. The van der Waals surface area contributed by atoms with Gasteiger partial charge in [-0.15, -0.1) is 0 Å². The van der Waals surface area contributed by atoms with Crippen LogP contribution < -0.4 is 10.6 Å². The van der Waals surface area contributed by atoms with Crippen molar-refractivity contribution in [2.24, 2.45) is 5.41 Å². The Morgan fingerprint density at radius 3 is 3.04 bits per heavy atom. The molecule has 132 valence electrons. The van der Waals surface area contributed by atoms with Crippen molar-refractivity contribution in [2.45, 2.75) is 71.0 Å². The molecule has 5 nitrogen and oxygen atoms in total. The second kappa shape index (κ2) is 5.99. The summed E-state index contributed by atoms with van der Waals surface area (Å²) in [7, 11) is 0. The summed E-state index contributed by atoms with van der Waals surface area (Å²) in [5, 5.41) is 7.86. The second-order valence-electron chi connectivity index (χ2n) is 7.80. The smallest absolute Gasteiger partial charge is 0.266 e. The number of nitrogens with one attached hydrogen (secondary N) is 2. The van der Waals surface area contributed by atoms with E-state index >= 15 is 0 Å². The first-order valence-electron chi connectivity index (χ1n) is 9.32. The van der Waals surface area contributed by atoms with E-state index in [1.165, 1.54) is 30.6 Å². The van der Waals surface area contributed by atoms with Crippen molar-refractivity contribution in [3.05, 3.63) is 10.6 Å². The van der Waals surface area contributed by atoms with Gasteiger partial charge in [-0.05, 0) is 33.1 Å². The standard InChI is InChI=1S/C18H28N4OS/c1-4-19-17-21-11(2)15(24-17)16(23)22-12-9-18(3)13(20-10-12)7-5-6-8-14(18)22/h12-14,20H,4-10H2,1-3H3,(H,19,21)/t12-,13+,14-,18+/m0/s1. The van der Waals surface area contributed by atoms with E-state index in [0.717, 1.165) is 41.6 Å². The number of aromatic nitrogens is 1. The molecule has 4 rings (SSSR count). The van der Waals surface area contributed by atoms with Crippen LogP contribution in [0.3, 0.4) is 0 Å². The maximum atomic E-state index is 13.4. The normalized spacial score (nSPS) is 35.0. The highest BCUT2D eigenvalue weighted by atomic mass is 32.1. The van der Waals surface area contributed by atoms with Crippen LogP contribution in [0.5, 0.6) is 0 Å². The average Bonchev–Trinajstić information content (AvgIpc) is 2.96. The fraction of sp³-hybridized carbons (Fsp3) is 0.778. The molecule has 3 fully saturated rings. The van der Waals surface area contributed by atoms with Crippen molar-refractivity contribution >= 4 is 22.4 Å². The predicted octanol–water partition coefficient (Wildman–Crippen LogP) is 3.02. The zero-order valence-corrected chi connectivity index (χ0v) is 15.7. The average molecular weight is 349 g/mol. The first kappa shape index (κ1) is 16.3. The number of fused-ring (bicyclic) bond motifs is 1. The summed E-state index contributed by atoms with van der Waals surface area (Å²) < 4.78 is 0. The molecular weight excluding hydrogens is 320 g/mol. The summed E-state index contributed by atoms with van der Waals surface area (Å²) in [4.78, 5) is 21.0. The summed E-state index contributed by atoms with van der Waals surface area (Å²) in [5.41, 5.74) is 1.10. The summed E-state index contributed by atoms with van der Waals surface area (Å²) in [6, 6.07) is 1.28. The van der Waals surface area contributed by atoms with Crippen molar-refractivity contribution in [3.8, 4) is 0 Å². The van der Waals surface area contributed by atoms with E-state index in [1.807, 2.05) is 6.92 Å². The molecule has 0 aromatic carbocycles. The molecular formula is C18H28N4OS. The Bertz CT molecular complexity index is 645. The highest BCUT2D eigenvalue weighted by Crippen LogP contribution is 2.51. The molecule has 24 heavy (non-hydrogen) atoms. The number of hydrogen-bond donors (Lipinski definition) is 2. The van der Waals surface area contributed by atoms with E-state index in [-0.39, 0.29) is 11.3 Å². The molecule has 0 spiro atoms. The SMILES string of the molecule is CCNc1nc(C)c(C(=O)N2[C@@H]3CN[C@@H]4CCCC[C@H]2[C@]4(C)C3)s1. The third-order valence-corrected chi connectivity index (χ3v) is 7.44. The molecule has 3 aliphatic rings. The number of anilines is 1. The maximum Gasteiger partial charge on any atom is 0.266 e. The largest absolute Gasteiger partial charge is 0.362 e. The molecule has 2 N–H and O–H groups in total. The molecule has 1 saturated carbocycles. The van der Waals surface area contributed by atoms with Crippen LogP contribution in [0.4, 0.5) is 5.13 Å². The van der Waals surface area contributed by atoms with Crippen LogP contribution in [-0.2, 0) is 0 Å². The number of carbonyl (C=O) groups is 1. The van der Waals surface area contributed by atoms with Crippen molar-refractivity contribution in [3.63, 3.8) is 0 Å². The van der Waals surface area contributed by atoms with Crippen LogP contribution in [0.25, 0.3) is 0 Å². The van der Waals surface area contributed by atoms with Crippen LogP contribution in [0.1, 0.15) is 61.3 Å². The fourth-order valence-corrected chi connectivity index (χ4v) is 6.18. The monoisotopic (exact) mass is 348 g/mol. The van der Waals surface area contributed by atoms with Crippen LogP contribution in [0.2, 0.25) is 0 Å². The van der Waals surface area contributed by atoms with Gasteiger partial charge in [-0.2, -0.15) is 0 Å². The van der Waals surface area contributed by atoms with Crippen molar-refractivity contribution < 1.29 is 4.79 Å². The molecule has 2 aliphatic heterocycles. The van der Waals surface area contributed by atoms with Crippen molar-refractivity contribution in [1.82, 2.24) is 15.2 Å². The van der Waals surface area contributed by atoms with E-state index in [0.29, 0.717) is 18.1 Å². The molecule has 1 aromatic rings. The zero-order valence-electron chi connectivity index (χ0n) is 14.9. The summed E-state index contributed by atoms with van der Waals surface area (Å²) in [6.07, 6.45) is 6.07. The molecule has 4 atom stereocenters. The predicted molar refractivity (Wildman–Crippen MR) is 97.7 cm³/mol. The van der Waals surface area contributed by atoms with Gasteiger partial charge < -0.3 is 15.5 Å². The molecule has 1 aliphatic carbocycles. The topological polar surface area (TPSA) is 57.3 Å². The van der Waals surface area contributed by atoms with Gasteiger partial charge in [-0.1, -0.05) is 31.1 Å². The molecule has 6 heteroatoms. The molecule has 3 heterocycles. The van der Waals surface area contributed by atoms with Crippen molar-refractivity contribution in [1.29, 1.82) is 0 Å². The van der Waals surface area contributed by atoms with Gasteiger partial charge in [0, 0.05) is 36.6 Å². The van der Waals surface area contributed by atoms with E-state index in [2.05, 4.69) is 34.4 Å². The Kier molecular flexibility index (Phi) is 4.07. The number of amides is 1. The minimum atomic E-state index is 0.206. The van der Waals surface area contributed by atoms with Gasteiger partial charge >= 0.3 is 0 Å². The molecule has 0 radical (unpaired) electrons. The van der Waals surface area contributed by atoms with Crippen LogP contribution in [0, 0.1) is 12.3 Å². The summed E-state index contributed by atoms with van der Waals surface area (Å²) in [6.45, 7) is 8.20. The lowest BCUT2D eigenvalue weighted by Gasteiger charge is -2.39. The van der Waals surface area contributed by atoms with Gasteiger partial charge in [0.05, 0.1) is 5.69 Å². The third kappa shape index (κ3) is 2.37. The van der Waals surface area contributed by atoms with Crippen LogP contribution >= 0.6 is 11.3 Å². The van der Waals surface area contributed by atoms with Crippen molar-refractivity contribution in [2.75, 3.05) is 18.4 Å². The minimum Gasteiger partial charge on any atom is -0.362 e. The van der Waals surface area contributed by atoms with E-state index in [4.69, 9.17) is 0 Å². The Labute approximate surface area is 148 Å². The van der Waals surface area contributed by atoms with Crippen LogP contribution in [0.15, 0.2) is 0 Å². The van der Waals surface area contributed by atoms with Gasteiger partial charge in [0.15, 0.2) is 5.13 Å². The molecule has 0 unspecified atom stereocenters. The lowest BCUT2D eigenvalue weighted by Crippen LogP contribution is -2.51. The number of piperidine rings is 1. The Morgan fingerprint density at radius 1 is 1.46 bits per heavy atom. The number of hydrogen-bond acceptors (Lipinski definition) is 5. The van der Waals surface area contributed by atoms with E-state index in [9.17, 15) is 4.79 Å². The molecule has 2 bridgehead atoms. The van der Waals surface area contributed by atoms with E-state index in [1.54, 1.807) is 0 Å². The first-order chi connectivity index (χ1) is 11.5. The van der Waals surface area contributed by atoms with Gasteiger partial charge in [0.2, 0.25) is 0 Å². The van der Waals surface area contributed by atoms with Gasteiger partial charge in [-0.25, -0.2) is 4.98 Å². The zero-order chi connectivity index (χ0) is 16.9. The lowest BCUT2D eigenvalue weighted by molar-refractivity contribution is 0.0633. The number of likely N-dealkylation sites (tertiary alicyclic amines) is 1. The highest BCUT2D eigenvalue weighted by molar-refractivity contribution is 7.17. The Hall–Kier alpha value is -1.14. The maximum absolute atomic E-state index is 13.4. The first-order valence-corrected chi connectivity index (χ1v) is 10.1. The minimum absolute atomic E-state index is 0.206. The fourth-order valence-electron chi connectivity index (χ4n) is 5.20. The van der Waals surface area contributed by atoms with Crippen LogP contribution in [-0.4, -0.2) is 47.0 Å². The Balaban J connectivity index is 1.67. The number of rotatable bonds is 3. The number of carbonyl (C=O) groups excluding carboxylic acids is 1. The number of thiazole rings is 1. The molecule has 1 amide bonds. The quantitative estimate of drug-likeness (QED) is 0.882. The van der Waals surface area contributed by atoms with Gasteiger partial charge in [0.1, 0.15) is 4.88 Å². The number of aryl methyl sites for hydroxylation is 1. The summed E-state index contributed by atoms with van der Waals surface area (Å²) >= 11 is 1.51. The van der Waals surface area contributed by atoms with Gasteiger partial charge in [-0.3, -0.25) is 4.79 Å². The molecule has 1 aromatic heterocycles.